The van der Waals surface area contributed by atoms with E-state index < -0.39 is 124 Å². The minimum atomic E-state index is -1.98. The second-order valence-electron chi connectivity index (χ2n) is 34.5. The molecule has 0 aromatic rings. The number of allylic oxidation sites excluding steroid dienone is 3. The monoisotopic (exact) mass is 1610 g/mol. The van der Waals surface area contributed by atoms with E-state index in [9.17, 15) is 61.0 Å². The van der Waals surface area contributed by atoms with Crippen LogP contribution in [0.1, 0.15) is 438 Å². The molecule has 19 heteroatoms. The second kappa shape index (κ2) is 74.1. The lowest BCUT2D eigenvalue weighted by Crippen LogP contribution is -2.66. The lowest BCUT2D eigenvalue weighted by molar-refractivity contribution is -0.379. The van der Waals surface area contributed by atoms with Crippen molar-refractivity contribution < 1.29 is 89.4 Å². The maximum Gasteiger partial charge on any atom is 0.220 e. The second-order valence-corrected chi connectivity index (χ2v) is 34.5. The average molecular weight is 1610 g/mol. The first-order valence-corrected chi connectivity index (χ1v) is 48.1. The van der Waals surface area contributed by atoms with Crippen molar-refractivity contribution in [2.24, 2.45) is 0 Å². The summed E-state index contributed by atoms with van der Waals surface area (Å²) in [6, 6.07) is -0.973. The van der Waals surface area contributed by atoms with E-state index in [0.29, 0.717) is 6.42 Å². The molecule has 19 nitrogen and oxygen atoms in total. The fraction of sp³-hybridized carbons (Fsp3) is 0.947. The summed E-state index contributed by atoms with van der Waals surface area (Å²) < 4.78 is 34.6. The van der Waals surface area contributed by atoms with Crippen LogP contribution < -0.4 is 5.32 Å². The fourth-order valence-electron chi connectivity index (χ4n) is 16.6. The van der Waals surface area contributed by atoms with Gasteiger partial charge in [-0.2, -0.15) is 0 Å². The first kappa shape index (κ1) is 105. The van der Waals surface area contributed by atoms with Crippen LogP contribution in [0.4, 0.5) is 0 Å². The number of ether oxygens (including phenoxy) is 6. The Balaban J connectivity index is 1.29. The van der Waals surface area contributed by atoms with E-state index in [-0.39, 0.29) is 18.9 Å². The lowest BCUT2D eigenvalue weighted by atomic mass is 9.96. The zero-order chi connectivity index (χ0) is 81.7. The van der Waals surface area contributed by atoms with Gasteiger partial charge in [-0.1, -0.05) is 411 Å². The van der Waals surface area contributed by atoms with Gasteiger partial charge in [0.25, 0.3) is 0 Å². The van der Waals surface area contributed by atoms with E-state index in [2.05, 4.69) is 31.3 Å². The van der Waals surface area contributed by atoms with Gasteiger partial charge < -0.3 is 89.9 Å². The van der Waals surface area contributed by atoms with Crippen molar-refractivity contribution in [3.05, 3.63) is 24.3 Å². The van der Waals surface area contributed by atoms with Crippen LogP contribution in [-0.4, -0.2) is 193 Å². The van der Waals surface area contributed by atoms with E-state index in [4.69, 9.17) is 28.4 Å². The molecule has 0 spiro atoms. The highest BCUT2D eigenvalue weighted by atomic mass is 16.8. The summed E-state index contributed by atoms with van der Waals surface area (Å²) in [7, 11) is 0. The zero-order valence-corrected chi connectivity index (χ0v) is 72.4. The molecule has 0 aliphatic carbocycles. The molecule has 1 amide bonds. The average Bonchev–Trinajstić information content (AvgIpc) is 0.780. The van der Waals surface area contributed by atoms with Gasteiger partial charge >= 0.3 is 0 Å². The predicted molar refractivity (Wildman–Crippen MR) is 457 cm³/mol. The molecule has 113 heavy (non-hydrogen) atoms. The van der Waals surface area contributed by atoms with E-state index in [1.165, 1.54) is 366 Å². The van der Waals surface area contributed by atoms with Gasteiger partial charge in [0.1, 0.15) is 73.2 Å². The van der Waals surface area contributed by atoms with Gasteiger partial charge in [-0.15, -0.1) is 0 Å². The number of aliphatic hydroxyl groups is 11. The van der Waals surface area contributed by atoms with E-state index in [1.54, 1.807) is 6.08 Å². The number of hydrogen-bond acceptors (Lipinski definition) is 18. The van der Waals surface area contributed by atoms with Crippen molar-refractivity contribution in [3.8, 4) is 0 Å². The lowest BCUT2D eigenvalue weighted by Gasteiger charge is -2.48. The van der Waals surface area contributed by atoms with Crippen molar-refractivity contribution in [3.63, 3.8) is 0 Å². The molecule has 17 unspecified atom stereocenters. The molecule has 3 aliphatic heterocycles. The number of carbonyl (C=O) groups is 1. The molecule has 12 N–H and O–H groups in total. The first-order chi connectivity index (χ1) is 55.3. The van der Waals surface area contributed by atoms with Crippen LogP contribution in [0.15, 0.2) is 24.3 Å². The Labute approximate surface area is 689 Å². The van der Waals surface area contributed by atoms with Crippen molar-refractivity contribution in [2.45, 2.75) is 542 Å². The SMILES string of the molecule is CCCCCCCCCC/C=C\CCCCCCCCCCCCCCCCCCCCCCCCCCCCCC(=O)NC(COC1OC(CO)C(OC2OC(CO)C(OC3OC(CO)C(O)C(O)C3O)C(O)C2O)C(O)C1O)C(O)/C=C/CCCCCCCCCCCCCCCCCCCCCCCCCCCCC. The molecule has 0 aromatic heterocycles. The largest absolute Gasteiger partial charge is 0.394 e. The Morgan fingerprint density at radius 2 is 0.558 bits per heavy atom. The van der Waals surface area contributed by atoms with Gasteiger partial charge in [0.15, 0.2) is 18.9 Å². The van der Waals surface area contributed by atoms with E-state index in [0.717, 1.165) is 44.9 Å². The Morgan fingerprint density at radius 3 is 0.858 bits per heavy atom. The highest BCUT2D eigenvalue weighted by Gasteiger charge is 2.54. The summed E-state index contributed by atoms with van der Waals surface area (Å²) in [5.74, 6) is -0.265. The number of nitrogens with one attached hydrogen (secondary N) is 1. The summed E-state index contributed by atoms with van der Waals surface area (Å²) in [5, 5.41) is 121. The topological polar surface area (TPSA) is 307 Å². The highest BCUT2D eigenvalue weighted by Crippen LogP contribution is 2.34. The summed E-state index contributed by atoms with van der Waals surface area (Å²) in [4.78, 5) is 13.5. The minimum absolute atomic E-state index is 0.250. The normalized spacial score (nSPS) is 24.8. The van der Waals surface area contributed by atoms with Crippen LogP contribution in [0.3, 0.4) is 0 Å². The van der Waals surface area contributed by atoms with E-state index in [1.807, 2.05) is 6.08 Å². The van der Waals surface area contributed by atoms with Gasteiger partial charge in [0.05, 0.1) is 38.6 Å². The molecule has 0 aromatic carbocycles. The third-order valence-electron chi connectivity index (χ3n) is 24.2. The number of hydrogen-bond donors (Lipinski definition) is 12. The Kier molecular flexibility index (Phi) is 69.2. The van der Waals surface area contributed by atoms with Crippen LogP contribution in [0, 0.1) is 0 Å². The molecular weight excluding hydrogens is 1430 g/mol. The Morgan fingerprint density at radius 1 is 0.310 bits per heavy atom. The molecule has 0 radical (unpaired) electrons. The van der Waals surface area contributed by atoms with Gasteiger partial charge in [-0.25, -0.2) is 0 Å². The summed E-state index contributed by atoms with van der Waals surface area (Å²) in [5.41, 5.74) is 0. The molecule has 3 heterocycles. The summed E-state index contributed by atoms with van der Waals surface area (Å²) in [6.07, 6.45) is 67.8. The number of aliphatic hydroxyl groups excluding tert-OH is 11. The van der Waals surface area contributed by atoms with Gasteiger partial charge in [-0.05, 0) is 44.9 Å². The number of carbonyl (C=O) groups excluding carboxylic acids is 1. The molecule has 3 saturated heterocycles. The predicted octanol–water partition coefficient (Wildman–Crippen LogP) is 19.2. The van der Waals surface area contributed by atoms with Crippen LogP contribution in [0.2, 0.25) is 0 Å². The van der Waals surface area contributed by atoms with Crippen LogP contribution in [0.25, 0.3) is 0 Å². The molecule has 3 aliphatic rings. The molecule has 0 bridgehead atoms. The smallest absolute Gasteiger partial charge is 0.220 e. The number of unbranched alkanes of at least 4 members (excludes halogenated alkanes) is 62. The first-order valence-electron chi connectivity index (χ1n) is 48.1. The molecule has 3 fully saturated rings. The number of amides is 1. The van der Waals surface area contributed by atoms with Gasteiger partial charge in [0.2, 0.25) is 5.91 Å². The van der Waals surface area contributed by atoms with Crippen LogP contribution in [-0.2, 0) is 33.2 Å². The maximum atomic E-state index is 13.5. The summed E-state index contributed by atoms with van der Waals surface area (Å²) in [6.45, 7) is 1.82. The maximum absolute atomic E-state index is 13.5. The van der Waals surface area contributed by atoms with Gasteiger partial charge in [0, 0.05) is 6.42 Å². The van der Waals surface area contributed by atoms with Crippen LogP contribution >= 0.6 is 0 Å². The highest BCUT2D eigenvalue weighted by molar-refractivity contribution is 5.76. The fourth-order valence-corrected chi connectivity index (χ4v) is 16.6. The van der Waals surface area contributed by atoms with Gasteiger partial charge in [-0.3, -0.25) is 4.79 Å². The Hall–Kier alpha value is -1.73. The van der Waals surface area contributed by atoms with Crippen molar-refractivity contribution in [2.75, 3.05) is 26.4 Å². The molecule has 0 saturated carbocycles. The van der Waals surface area contributed by atoms with Crippen molar-refractivity contribution in [1.82, 2.24) is 5.32 Å². The molecule has 668 valence electrons. The third-order valence-corrected chi connectivity index (χ3v) is 24.2. The summed E-state index contributed by atoms with van der Waals surface area (Å²) >= 11 is 0. The number of rotatable bonds is 80. The van der Waals surface area contributed by atoms with Crippen molar-refractivity contribution >= 4 is 5.91 Å². The van der Waals surface area contributed by atoms with Crippen LogP contribution in [0.5, 0.6) is 0 Å². The molecular formula is C94H179NO18. The minimum Gasteiger partial charge on any atom is -0.394 e. The standard InChI is InChI=1S/C94H179NO18/c1-3-5-7-9-11-13-15-17-19-21-23-25-27-29-31-33-34-35-36-37-38-39-40-41-42-44-46-48-50-52-54-56-58-60-62-64-66-68-70-72-82(100)95-77(78(99)71-69-67-65-63-61-59-57-55-53-51-49-47-45-43-32-30-28-26-24-22-20-18-16-14-12-10-8-6-4-2)76-108-92-88(106)85(103)90(80(74-97)110-92)113-94-89(107)86(104)91(81(75-98)111-94)112-93-87(105)84(102)83(101)79(73-96)109-93/h21,23,69,71,77-81,83-94,96-99,101-107H,3-20,22,24-68,70,72-76H2,1-2H3,(H,95,100)/b23-21-,71-69+. The Bertz CT molecular complexity index is 2130. The quantitative estimate of drug-likeness (QED) is 0.0199. The molecule has 3 rings (SSSR count). The molecule has 17 atom stereocenters. The zero-order valence-electron chi connectivity index (χ0n) is 72.4. The third kappa shape index (κ3) is 52.3. The van der Waals surface area contributed by atoms with Crippen molar-refractivity contribution in [1.29, 1.82) is 0 Å². The van der Waals surface area contributed by atoms with E-state index >= 15 is 0 Å².